The molecule has 128 valence electrons. The SMILES string of the molecule is BC1(B)C[C@]2(CO2)[C@@H](C(C)(C)OCC=C(C)C)[C@](B)(OC)[C@@H]1O. The number of ether oxygens (including phenoxy) is 3. The van der Waals surface area contributed by atoms with Crippen LogP contribution in [-0.2, 0) is 14.2 Å². The second kappa shape index (κ2) is 5.94. The summed E-state index contributed by atoms with van der Waals surface area (Å²) in [5.74, 6) is -0.0407. The quantitative estimate of drug-likeness (QED) is 0.412. The molecule has 0 unspecified atom stereocenters. The van der Waals surface area contributed by atoms with Crippen LogP contribution in [0.2, 0.25) is 5.21 Å². The zero-order valence-electron chi connectivity index (χ0n) is 16.0. The lowest BCUT2D eigenvalue weighted by atomic mass is 9.36. The van der Waals surface area contributed by atoms with Gasteiger partial charge in [-0.25, -0.2) is 0 Å². The third kappa shape index (κ3) is 3.30. The molecule has 1 aliphatic carbocycles. The normalized spacial score (nSPS) is 39.2. The fourth-order valence-corrected chi connectivity index (χ4v) is 4.85. The third-order valence-corrected chi connectivity index (χ3v) is 5.73. The first-order chi connectivity index (χ1) is 10.4. The smallest absolute Gasteiger partial charge is 0.147 e. The van der Waals surface area contributed by atoms with Crippen LogP contribution < -0.4 is 0 Å². The fraction of sp³-hybridized carbons (Fsp3) is 0.875. The Morgan fingerprint density at radius 1 is 1.35 bits per heavy atom. The van der Waals surface area contributed by atoms with Crippen LogP contribution in [0.25, 0.3) is 0 Å². The minimum atomic E-state index is -0.716. The van der Waals surface area contributed by atoms with Crippen molar-refractivity contribution in [2.24, 2.45) is 5.92 Å². The van der Waals surface area contributed by atoms with Crippen molar-refractivity contribution < 1.29 is 19.3 Å². The minimum absolute atomic E-state index is 0.0407. The number of hydrogen-bond acceptors (Lipinski definition) is 4. The molecule has 7 heteroatoms. The molecule has 1 aliphatic heterocycles. The van der Waals surface area contributed by atoms with Crippen LogP contribution in [0.15, 0.2) is 11.6 Å². The van der Waals surface area contributed by atoms with Crippen LogP contribution in [-0.4, -0.2) is 71.8 Å². The number of hydrogen-bond donors (Lipinski definition) is 1. The van der Waals surface area contributed by atoms with Crippen molar-refractivity contribution in [3.63, 3.8) is 0 Å². The molecule has 0 radical (unpaired) electrons. The molecule has 0 aromatic carbocycles. The average Bonchev–Trinajstić information content (AvgIpc) is 3.14. The van der Waals surface area contributed by atoms with Gasteiger partial charge in [0, 0.05) is 13.0 Å². The van der Waals surface area contributed by atoms with E-state index in [1.165, 1.54) is 5.57 Å². The molecule has 1 N–H and O–H groups in total. The molecular weight excluding hydrogens is 289 g/mol. The summed E-state index contributed by atoms with van der Waals surface area (Å²) in [6, 6.07) is 0. The van der Waals surface area contributed by atoms with E-state index in [1.807, 2.05) is 7.85 Å². The number of epoxide rings is 1. The molecule has 0 aromatic heterocycles. The van der Waals surface area contributed by atoms with Gasteiger partial charge in [0.2, 0.25) is 0 Å². The summed E-state index contributed by atoms with van der Waals surface area (Å²) >= 11 is 0. The van der Waals surface area contributed by atoms with Crippen LogP contribution >= 0.6 is 0 Å². The van der Waals surface area contributed by atoms with Gasteiger partial charge in [0.1, 0.15) is 23.5 Å². The summed E-state index contributed by atoms with van der Waals surface area (Å²) in [6.07, 6.45) is 2.32. The molecule has 23 heavy (non-hydrogen) atoms. The lowest BCUT2D eigenvalue weighted by Crippen LogP contribution is -2.70. The van der Waals surface area contributed by atoms with Crippen LogP contribution in [0.4, 0.5) is 0 Å². The fourth-order valence-electron chi connectivity index (χ4n) is 4.85. The van der Waals surface area contributed by atoms with Gasteiger partial charge >= 0.3 is 0 Å². The van der Waals surface area contributed by atoms with E-state index < -0.39 is 17.2 Å². The molecule has 4 atom stereocenters. The summed E-state index contributed by atoms with van der Waals surface area (Å²) in [5, 5.41) is 10.8. The molecule has 1 saturated carbocycles. The van der Waals surface area contributed by atoms with Crippen LogP contribution in [0.3, 0.4) is 0 Å². The molecule has 2 rings (SSSR count). The van der Waals surface area contributed by atoms with Crippen molar-refractivity contribution in [1.29, 1.82) is 0 Å². The predicted octanol–water partition coefficient (Wildman–Crippen LogP) is -0.744. The Morgan fingerprint density at radius 2 is 1.91 bits per heavy atom. The van der Waals surface area contributed by atoms with Gasteiger partial charge in [-0.2, -0.15) is 0 Å². The molecule has 0 bridgehead atoms. The zero-order valence-corrected chi connectivity index (χ0v) is 16.0. The molecule has 1 spiro atoms. The van der Waals surface area contributed by atoms with E-state index >= 15 is 0 Å². The van der Waals surface area contributed by atoms with Gasteiger partial charge in [0.25, 0.3) is 0 Å². The summed E-state index contributed by atoms with van der Waals surface area (Å²) in [6.45, 7) is 9.57. The van der Waals surface area contributed by atoms with Gasteiger partial charge in [-0.3, -0.25) is 0 Å². The van der Waals surface area contributed by atoms with Crippen LogP contribution in [0, 0.1) is 5.92 Å². The van der Waals surface area contributed by atoms with Crippen molar-refractivity contribution in [2.45, 2.75) is 62.1 Å². The number of rotatable bonds is 5. The summed E-state index contributed by atoms with van der Waals surface area (Å²) in [5.41, 5.74) is -0.211. The molecule has 2 aliphatic rings. The third-order valence-electron chi connectivity index (χ3n) is 5.73. The van der Waals surface area contributed by atoms with E-state index in [2.05, 4.69) is 49.5 Å². The Hall–Kier alpha value is -0.225. The van der Waals surface area contributed by atoms with Crippen molar-refractivity contribution in [3.05, 3.63) is 11.6 Å². The van der Waals surface area contributed by atoms with E-state index in [0.29, 0.717) is 13.2 Å². The number of aliphatic hydroxyl groups excluding tert-OH is 1. The van der Waals surface area contributed by atoms with Gasteiger partial charge < -0.3 is 19.3 Å². The minimum Gasteiger partial charge on any atom is -0.392 e. The first kappa shape index (κ1) is 19.1. The summed E-state index contributed by atoms with van der Waals surface area (Å²) in [7, 11) is 7.86. The molecule has 1 heterocycles. The van der Waals surface area contributed by atoms with Crippen molar-refractivity contribution in [2.75, 3.05) is 20.3 Å². The molecular formula is C16H31B3O4. The number of aliphatic hydroxyl groups is 1. The van der Waals surface area contributed by atoms with Crippen molar-refractivity contribution in [3.8, 4) is 0 Å². The monoisotopic (exact) mass is 320 g/mol. The van der Waals surface area contributed by atoms with E-state index in [-0.39, 0.29) is 16.7 Å². The second-order valence-electron chi connectivity index (χ2n) is 8.94. The summed E-state index contributed by atoms with van der Waals surface area (Å²) < 4.78 is 18.1. The highest BCUT2D eigenvalue weighted by molar-refractivity contribution is 6.41. The van der Waals surface area contributed by atoms with E-state index in [0.717, 1.165) is 6.42 Å². The predicted molar refractivity (Wildman–Crippen MR) is 100 cm³/mol. The molecule has 0 amide bonds. The molecule has 1 saturated heterocycles. The number of allylic oxidation sites excluding steroid dienone is 1. The van der Waals surface area contributed by atoms with E-state index in [9.17, 15) is 5.11 Å². The topological polar surface area (TPSA) is 51.2 Å². The van der Waals surface area contributed by atoms with Crippen molar-refractivity contribution >= 4 is 23.5 Å². The number of methoxy groups -OCH3 is 1. The molecule has 4 nitrogen and oxygen atoms in total. The molecule has 0 aromatic rings. The highest BCUT2D eigenvalue weighted by atomic mass is 16.6. The lowest BCUT2D eigenvalue weighted by Gasteiger charge is -2.58. The Morgan fingerprint density at radius 3 is 2.35 bits per heavy atom. The standard InChI is InChI=1S/C16H31B3O4/c1-10(2)6-7-22-13(3,4)11-14(9-23-14)8-15(17,18)12(20)16(11,19)21-5/h6,11-12,20H,7-9,17-19H2,1-5H3/t11-,12-,14+,16+/m1/s1. The van der Waals surface area contributed by atoms with Gasteiger partial charge in [-0.1, -0.05) is 16.9 Å². The van der Waals surface area contributed by atoms with Gasteiger partial charge in [0.05, 0.1) is 36.0 Å². The van der Waals surface area contributed by atoms with Gasteiger partial charge in [0.15, 0.2) is 0 Å². The van der Waals surface area contributed by atoms with Gasteiger partial charge in [-0.15, -0.1) is 0 Å². The zero-order chi connectivity index (χ0) is 17.7. The highest BCUT2D eigenvalue weighted by Gasteiger charge is 2.71. The van der Waals surface area contributed by atoms with Gasteiger partial charge in [-0.05, 0) is 34.1 Å². The Labute approximate surface area is 143 Å². The van der Waals surface area contributed by atoms with Crippen molar-refractivity contribution in [1.82, 2.24) is 0 Å². The maximum Gasteiger partial charge on any atom is 0.147 e. The first-order valence-electron chi connectivity index (χ1n) is 8.56. The first-order valence-corrected chi connectivity index (χ1v) is 8.56. The van der Waals surface area contributed by atoms with E-state index in [4.69, 9.17) is 14.2 Å². The Bertz CT molecular complexity index is 484. The Kier molecular flexibility index (Phi) is 4.93. The van der Waals surface area contributed by atoms with E-state index in [1.54, 1.807) is 7.11 Å². The maximum atomic E-state index is 11.0. The largest absolute Gasteiger partial charge is 0.392 e. The summed E-state index contributed by atoms with van der Waals surface area (Å²) in [4.78, 5) is 0. The average molecular weight is 320 g/mol. The maximum absolute atomic E-state index is 11.0. The van der Waals surface area contributed by atoms with Crippen LogP contribution in [0.1, 0.15) is 34.1 Å². The lowest BCUT2D eigenvalue weighted by molar-refractivity contribution is -0.196. The highest BCUT2D eigenvalue weighted by Crippen LogP contribution is 2.61. The second-order valence-corrected chi connectivity index (χ2v) is 8.94. The van der Waals surface area contributed by atoms with Crippen LogP contribution in [0.5, 0.6) is 0 Å². The Balaban J connectivity index is 2.35. The molecule has 2 fully saturated rings.